The van der Waals surface area contributed by atoms with E-state index in [1.165, 1.54) is 13.2 Å². The highest BCUT2D eigenvalue weighted by molar-refractivity contribution is 5.48. The molecule has 0 spiro atoms. The van der Waals surface area contributed by atoms with Crippen LogP contribution in [0.15, 0.2) is 18.2 Å². The molecule has 5 nitrogen and oxygen atoms in total. The first-order valence-electron chi connectivity index (χ1n) is 7.52. The molecule has 0 aliphatic heterocycles. The van der Waals surface area contributed by atoms with E-state index in [0.717, 1.165) is 31.4 Å². The van der Waals surface area contributed by atoms with Crippen LogP contribution in [0.25, 0.3) is 0 Å². The fourth-order valence-corrected chi connectivity index (χ4v) is 2.44. The Balaban J connectivity index is 2.85. The maximum atomic E-state index is 10.9. The number of nitrogens with one attached hydrogen (secondary N) is 1. The van der Waals surface area contributed by atoms with E-state index in [1.807, 2.05) is 6.07 Å². The highest BCUT2D eigenvalue weighted by Gasteiger charge is 2.17. The molecule has 118 valence electrons. The maximum absolute atomic E-state index is 10.9. The molecule has 0 saturated carbocycles. The Morgan fingerprint density at radius 3 is 2.62 bits per heavy atom. The molecule has 21 heavy (non-hydrogen) atoms. The van der Waals surface area contributed by atoms with Gasteiger partial charge in [0.1, 0.15) is 0 Å². The van der Waals surface area contributed by atoms with Crippen molar-refractivity contribution in [3.8, 4) is 5.75 Å². The van der Waals surface area contributed by atoms with Crippen LogP contribution in [0, 0.1) is 16.0 Å². The summed E-state index contributed by atoms with van der Waals surface area (Å²) in [6, 6.07) is 5.51. The lowest BCUT2D eigenvalue weighted by molar-refractivity contribution is -0.385. The molecule has 1 rings (SSSR count). The van der Waals surface area contributed by atoms with E-state index in [-0.39, 0.29) is 5.69 Å². The van der Waals surface area contributed by atoms with Gasteiger partial charge < -0.3 is 10.1 Å². The van der Waals surface area contributed by atoms with Crippen molar-refractivity contribution in [2.75, 3.05) is 13.7 Å². The van der Waals surface area contributed by atoms with E-state index < -0.39 is 4.92 Å². The number of nitro groups is 1. The Labute approximate surface area is 126 Å². The van der Waals surface area contributed by atoms with Crippen molar-refractivity contribution in [3.05, 3.63) is 33.9 Å². The smallest absolute Gasteiger partial charge is 0.310 e. The lowest BCUT2D eigenvalue weighted by Crippen LogP contribution is -2.33. The first-order chi connectivity index (χ1) is 9.97. The zero-order chi connectivity index (χ0) is 15.8. The molecule has 1 unspecified atom stereocenters. The van der Waals surface area contributed by atoms with Gasteiger partial charge >= 0.3 is 5.69 Å². The monoisotopic (exact) mass is 294 g/mol. The predicted molar refractivity (Wildman–Crippen MR) is 84.9 cm³/mol. The molecule has 0 fully saturated rings. The van der Waals surface area contributed by atoms with Gasteiger partial charge in [0.25, 0.3) is 0 Å². The van der Waals surface area contributed by atoms with Crippen molar-refractivity contribution >= 4 is 5.69 Å². The minimum absolute atomic E-state index is 0.0168. The zero-order valence-corrected chi connectivity index (χ0v) is 13.4. The molecule has 0 amide bonds. The third-order valence-electron chi connectivity index (χ3n) is 3.36. The molecule has 5 heteroatoms. The van der Waals surface area contributed by atoms with Crippen molar-refractivity contribution in [2.24, 2.45) is 5.92 Å². The number of benzene rings is 1. The first kappa shape index (κ1) is 17.4. The van der Waals surface area contributed by atoms with Crippen LogP contribution in [0.3, 0.4) is 0 Å². The van der Waals surface area contributed by atoms with Crippen molar-refractivity contribution < 1.29 is 9.66 Å². The summed E-state index contributed by atoms with van der Waals surface area (Å²) in [4.78, 5) is 10.5. The van der Waals surface area contributed by atoms with Crippen molar-refractivity contribution in [1.82, 2.24) is 5.32 Å². The van der Waals surface area contributed by atoms with Gasteiger partial charge in [0.2, 0.25) is 0 Å². The molecule has 1 aromatic carbocycles. The Morgan fingerprint density at radius 1 is 1.38 bits per heavy atom. The number of methoxy groups -OCH3 is 1. The van der Waals surface area contributed by atoms with Crippen molar-refractivity contribution in [2.45, 2.75) is 46.1 Å². The molecule has 1 N–H and O–H groups in total. The van der Waals surface area contributed by atoms with Gasteiger partial charge in [-0.15, -0.1) is 0 Å². The lowest BCUT2D eigenvalue weighted by atomic mass is 9.97. The zero-order valence-electron chi connectivity index (χ0n) is 13.4. The molecule has 0 bridgehead atoms. The summed E-state index contributed by atoms with van der Waals surface area (Å²) in [5.74, 6) is 0.940. The fourth-order valence-electron chi connectivity index (χ4n) is 2.44. The molecular weight excluding hydrogens is 268 g/mol. The Bertz CT molecular complexity index is 461. The number of hydrogen-bond acceptors (Lipinski definition) is 4. The van der Waals surface area contributed by atoms with E-state index in [4.69, 9.17) is 4.74 Å². The van der Waals surface area contributed by atoms with Crippen LogP contribution in [-0.2, 0) is 6.42 Å². The maximum Gasteiger partial charge on any atom is 0.310 e. The summed E-state index contributed by atoms with van der Waals surface area (Å²) in [5, 5.41) is 14.5. The molecule has 1 aromatic rings. The van der Waals surface area contributed by atoms with Gasteiger partial charge in [-0.05, 0) is 43.4 Å². The van der Waals surface area contributed by atoms with E-state index in [2.05, 4.69) is 26.1 Å². The summed E-state index contributed by atoms with van der Waals surface area (Å²) >= 11 is 0. The SMILES string of the molecule is CCCNC(Cc1ccc([N+](=O)[O-])c(OC)c1)CC(C)C. The number of nitro benzene ring substituents is 1. The quantitative estimate of drug-likeness (QED) is 0.558. The highest BCUT2D eigenvalue weighted by Crippen LogP contribution is 2.28. The summed E-state index contributed by atoms with van der Waals surface area (Å²) in [5.41, 5.74) is 1.08. The summed E-state index contributed by atoms with van der Waals surface area (Å²) in [7, 11) is 1.47. The van der Waals surface area contributed by atoms with Gasteiger partial charge in [-0.2, -0.15) is 0 Å². The largest absolute Gasteiger partial charge is 0.490 e. The summed E-state index contributed by atoms with van der Waals surface area (Å²) in [6.07, 6.45) is 3.03. The molecule has 0 aliphatic rings. The topological polar surface area (TPSA) is 64.4 Å². The second-order valence-electron chi connectivity index (χ2n) is 5.75. The third-order valence-corrected chi connectivity index (χ3v) is 3.36. The van der Waals surface area contributed by atoms with Crippen LogP contribution in [-0.4, -0.2) is 24.6 Å². The van der Waals surface area contributed by atoms with Gasteiger partial charge in [-0.1, -0.05) is 26.8 Å². The van der Waals surface area contributed by atoms with Gasteiger partial charge in [0.05, 0.1) is 12.0 Å². The van der Waals surface area contributed by atoms with E-state index in [1.54, 1.807) is 6.07 Å². The Morgan fingerprint density at radius 2 is 2.10 bits per heavy atom. The van der Waals surface area contributed by atoms with Crippen molar-refractivity contribution in [1.29, 1.82) is 0 Å². The van der Waals surface area contributed by atoms with E-state index in [0.29, 0.717) is 17.7 Å². The lowest BCUT2D eigenvalue weighted by Gasteiger charge is -2.20. The Hall–Kier alpha value is -1.62. The van der Waals surface area contributed by atoms with Crippen LogP contribution in [0.2, 0.25) is 0 Å². The standard InChI is InChI=1S/C16H26N2O3/c1-5-8-17-14(9-12(2)3)10-13-6-7-15(18(19)20)16(11-13)21-4/h6-7,11-12,14,17H,5,8-10H2,1-4H3. The number of rotatable bonds is 9. The fraction of sp³-hybridized carbons (Fsp3) is 0.625. The highest BCUT2D eigenvalue weighted by atomic mass is 16.6. The molecule has 0 aliphatic carbocycles. The minimum atomic E-state index is -0.413. The van der Waals surface area contributed by atoms with Gasteiger partial charge in [0.15, 0.2) is 5.75 Å². The minimum Gasteiger partial charge on any atom is -0.490 e. The summed E-state index contributed by atoms with van der Waals surface area (Å²) < 4.78 is 5.13. The van der Waals surface area contributed by atoms with Gasteiger partial charge in [-0.25, -0.2) is 0 Å². The van der Waals surface area contributed by atoms with Crippen LogP contribution >= 0.6 is 0 Å². The van der Waals surface area contributed by atoms with Gasteiger partial charge in [0, 0.05) is 12.1 Å². The molecule has 0 radical (unpaired) electrons. The second kappa shape index (κ2) is 8.62. The number of ether oxygens (including phenoxy) is 1. The van der Waals surface area contributed by atoms with Crippen LogP contribution in [0.5, 0.6) is 5.75 Å². The predicted octanol–water partition coefficient (Wildman–Crippen LogP) is 3.56. The first-order valence-corrected chi connectivity index (χ1v) is 7.52. The third kappa shape index (κ3) is 5.71. The molecular formula is C16H26N2O3. The van der Waals surface area contributed by atoms with Crippen LogP contribution in [0.1, 0.15) is 39.2 Å². The van der Waals surface area contributed by atoms with Gasteiger partial charge in [-0.3, -0.25) is 10.1 Å². The average molecular weight is 294 g/mol. The molecule has 0 aromatic heterocycles. The van der Waals surface area contributed by atoms with Crippen molar-refractivity contribution in [3.63, 3.8) is 0 Å². The van der Waals surface area contributed by atoms with Crippen LogP contribution < -0.4 is 10.1 Å². The molecule has 1 atom stereocenters. The number of nitrogens with zero attached hydrogens (tertiary/aromatic N) is 1. The normalized spacial score (nSPS) is 12.4. The molecule has 0 saturated heterocycles. The summed E-state index contributed by atoms with van der Waals surface area (Å²) in [6.45, 7) is 7.55. The van der Waals surface area contributed by atoms with E-state index >= 15 is 0 Å². The van der Waals surface area contributed by atoms with E-state index in [9.17, 15) is 10.1 Å². The number of hydrogen-bond donors (Lipinski definition) is 1. The Kier molecular flexibility index (Phi) is 7.15. The second-order valence-corrected chi connectivity index (χ2v) is 5.75. The average Bonchev–Trinajstić information content (AvgIpc) is 2.43. The van der Waals surface area contributed by atoms with Crippen LogP contribution in [0.4, 0.5) is 5.69 Å². The molecule has 0 heterocycles.